The molecule has 0 spiro atoms. The number of alkyl halides is 1. The molecule has 0 aliphatic rings. The van der Waals surface area contributed by atoms with Gasteiger partial charge in [0.15, 0.2) is 5.76 Å². The predicted molar refractivity (Wildman–Crippen MR) is 59.3 cm³/mol. The molecule has 0 saturated heterocycles. The lowest BCUT2D eigenvalue weighted by Crippen LogP contribution is -1.82. The highest BCUT2D eigenvalue weighted by Crippen LogP contribution is 2.23. The van der Waals surface area contributed by atoms with Crippen molar-refractivity contribution in [1.82, 2.24) is 5.16 Å². The van der Waals surface area contributed by atoms with Gasteiger partial charge in [-0.3, -0.25) is 0 Å². The summed E-state index contributed by atoms with van der Waals surface area (Å²) in [4.78, 5) is 0. The van der Waals surface area contributed by atoms with E-state index >= 15 is 0 Å². The second kappa shape index (κ2) is 4.14. The molecule has 0 saturated carbocycles. The third-order valence-electron chi connectivity index (χ3n) is 2.14. The molecule has 0 bridgehead atoms. The molecule has 2 aromatic rings. The van der Waals surface area contributed by atoms with Crippen LogP contribution < -0.4 is 0 Å². The van der Waals surface area contributed by atoms with Crippen LogP contribution >= 0.6 is 15.9 Å². The van der Waals surface area contributed by atoms with Gasteiger partial charge >= 0.3 is 0 Å². The average molecular weight is 270 g/mol. The van der Waals surface area contributed by atoms with E-state index in [1.54, 1.807) is 19.1 Å². The Morgan fingerprint density at radius 1 is 1.40 bits per heavy atom. The summed E-state index contributed by atoms with van der Waals surface area (Å²) in [5.41, 5.74) is 2.27. The van der Waals surface area contributed by atoms with Gasteiger partial charge in [0, 0.05) is 17.0 Å². The van der Waals surface area contributed by atoms with Crippen molar-refractivity contribution in [2.45, 2.75) is 12.3 Å². The van der Waals surface area contributed by atoms with Gasteiger partial charge in [-0.2, -0.15) is 0 Å². The summed E-state index contributed by atoms with van der Waals surface area (Å²) in [5.74, 6) is 0.450. The van der Waals surface area contributed by atoms with Crippen LogP contribution in [0.25, 0.3) is 11.3 Å². The van der Waals surface area contributed by atoms with Crippen LogP contribution in [0.3, 0.4) is 0 Å². The van der Waals surface area contributed by atoms with Crippen molar-refractivity contribution in [3.05, 3.63) is 41.3 Å². The number of nitrogens with zero attached hydrogens (tertiary/aromatic N) is 1. The number of aryl methyl sites for hydroxylation is 1. The summed E-state index contributed by atoms with van der Waals surface area (Å²) in [7, 11) is 0. The highest BCUT2D eigenvalue weighted by Gasteiger charge is 2.07. The number of hydrogen-bond acceptors (Lipinski definition) is 2. The van der Waals surface area contributed by atoms with Crippen LogP contribution in [0.15, 0.2) is 28.8 Å². The third-order valence-corrected chi connectivity index (χ3v) is 2.71. The Hall–Kier alpha value is -1.16. The Kier molecular flexibility index (Phi) is 2.86. The Balaban J connectivity index is 2.40. The van der Waals surface area contributed by atoms with E-state index in [1.807, 2.05) is 6.07 Å². The minimum Gasteiger partial charge on any atom is -0.356 e. The third kappa shape index (κ3) is 2.09. The van der Waals surface area contributed by atoms with Crippen molar-refractivity contribution in [2.24, 2.45) is 0 Å². The Morgan fingerprint density at radius 2 is 2.20 bits per heavy atom. The zero-order chi connectivity index (χ0) is 10.8. The lowest BCUT2D eigenvalue weighted by molar-refractivity contribution is 0.426. The van der Waals surface area contributed by atoms with Gasteiger partial charge < -0.3 is 4.52 Å². The predicted octanol–water partition coefficient (Wildman–Crippen LogP) is 3.68. The van der Waals surface area contributed by atoms with Crippen LogP contribution in [-0.2, 0) is 5.33 Å². The molecule has 1 aromatic heterocycles. The van der Waals surface area contributed by atoms with Crippen LogP contribution in [0.5, 0.6) is 0 Å². The highest BCUT2D eigenvalue weighted by atomic mass is 79.9. The Morgan fingerprint density at radius 3 is 2.80 bits per heavy atom. The van der Waals surface area contributed by atoms with Crippen molar-refractivity contribution >= 4 is 15.9 Å². The largest absolute Gasteiger partial charge is 0.356 e. The van der Waals surface area contributed by atoms with Gasteiger partial charge in [-0.1, -0.05) is 21.1 Å². The molecule has 15 heavy (non-hydrogen) atoms. The minimum absolute atomic E-state index is 0.209. The van der Waals surface area contributed by atoms with Gasteiger partial charge in [-0.05, 0) is 30.7 Å². The van der Waals surface area contributed by atoms with Gasteiger partial charge in [-0.15, -0.1) is 0 Å². The van der Waals surface area contributed by atoms with Crippen molar-refractivity contribution in [3.63, 3.8) is 0 Å². The number of benzene rings is 1. The molecule has 0 fully saturated rings. The van der Waals surface area contributed by atoms with Gasteiger partial charge in [-0.25, -0.2) is 4.39 Å². The summed E-state index contributed by atoms with van der Waals surface area (Å²) in [6.45, 7) is 1.72. The lowest BCUT2D eigenvalue weighted by Gasteiger charge is -1.98. The maximum Gasteiger partial charge on any atom is 0.167 e. The molecule has 4 heteroatoms. The number of halogens is 2. The molecule has 0 radical (unpaired) electrons. The van der Waals surface area contributed by atoms with E-state index in [2.05, 4.69) is 21.1 Å². The average Bonchev–Trinajstić information content (AvgIpc) is 2.70. The molecule has 0 atom stereocenters. The molecule has 0 aliphatic carbocycles. The van der Waals surface area contributed by atoms with E-state index in [-0.39, 0.29) is 5.82 Å². The van der Waals surface area contributed by atoms with Crippen molar-refractivity contribution in [2.75, 3.05) is 0 Å². The molecule has 78 valence electrons. The smallest absolute Gasteiger partial charge is 0.167 e. The van der Waals surface area contributed by atoms with E-state index in [9.17, 15) is 4.39 Å². The molecule has 0 aliphatic heterocycles. The fraction of sp³-hybridized carbons (Fsp3) is 0.182. The standard InChI is InChI=1S/C11H9BrFNO/c1-7-4-8(2-3-10(7)13)11-5-9(6-12)14-15-11/h2-5H,6H2,1H3. The second-order valence-corrected chi connectivity index (χ2v) is 3.84. The van der Waals surface area contributed by atoms with Gasteiger partial charge in [0.2, 0.25) is 0 Å². The fourth-order valence-electron chi connectivity index (χ4n) is 1.31. The number of rotatable bonds is 2. The Labute approximate surface area is 95.2 Å². The van der Waals surface area contributed by atoms with Crippen molar-refractivity contribution < 1.29 is 8.91 Å². The summed E-state index contributed by atoms with van der Waals surface area (Å²) < 4.78 is 18.2. The SMILES string of the molecule is Cc1cc(-c2cc(CBr)no2)ccc1F. The molecule has 0 amide bonds. The van der Waals surface area contributed by atoms with Crippen LogP contribution in [0.4, 0.5) is 4.39 Å². The highest BCUT2D eigenvalue weighted by molar-refractivity contribution is 9.08. The summed E-state index contributed by atoms with van der Waals surface area (Å²) in [6.07, 6.45) is 0. The van der Waals surface area contributed by atoms with E-state index < -0.39 is 0 Å². The first kappa shape index (κ1) is 10.4. The summed E-state index contributed by atoms with van der Waals surface area (Å²) >= 11 is 3.29. The molecule has 2 nitrogen and oxygen atoms in total. The maximum atomic E-state index is 13.0. The van der Waals surface area contributed by atoms with E-state index in [4.69, 9.17) is 4.52 Å². The molecule has 1 aromatic carbocycles. The van der Waals surface area contributed by atoms with Crippen molar-refractivity contribution in [3.8, 4) is 11.3 Å². The van der Waals surface area contributed by atoms with Crippen LogP contribution in [-0.4, -0.2) is 5.16 Å². The minimum atomic E-state index is -0.209. The zero-order valence-electron chi connectivity index (χ0n) is 8.13. The normalized spacial score (nSPS) is 10.6. The summed E-state index contributed by atoms with van der Waals surface area (Å²) in [5, 5.41) is 4.50. The van der Waals surface area contributed by atoms with E-state index in [0.29, 0.717) is 16.7 Å². The number of hydrogen-bond donors (Lipinski definition) is 0. The fourth-order valence-corrected chi connectivity index (χ4v) is 1.57. The molecular weight excluding hydrogens is 261 g/mol. The van der Waals surface area contributed by atoms with Gasteiger partial charge in [0.25, 0.3) is 0 Å². The Bertz CT molecular complexity index is 481. The topological polar surface area (TPSA) is 26.0 Å². The first-order chi connectivity index (χ1) is 7.20. The summed E-state index contributed by atoms with van der Waals surface area (Å²) in [6, 6.07) is 6.69. The molecule has 0 unspecified atom stereocenters. The van der Waals surface area contributed by atoms with Crippen LogP contribution in [0.2, 0.25) is 0 Å². The van der Waals surface area contributed by atoms with Crippen molar-refractivity contribution in [1.29, 1.82) is 0 Å². The second-order valence-electron chi connectivity index (χ2n) is 3.28. The van der Waals surface area contributed by atoms with E-state index in [0.717, 1.165) is 11.3 Å². The van der Waals surface area contributed by atoms with Gasteiger partial charge in [0.1, 0.15) is 5.82 Å². The molecule has 0 N–H and O–H groups in total. The first-order valence-electron chi connectivity index (χ1n) is 4.49. The quantitative estimate of drug-likeness (QED) is 0.778. The van der Waals surface area contributed by atoms with E-state index in [1.165, 1.54) is 6.07 Å². The van der Waals surface area contributed by atoms with Crippen LogP contribution in [0, 0.1) is 12.7 Å². The monoisotopic (exact) mass is 269 g/mol. The maximum absolute atomic E-state index is 13.0. The number of aromatic nitrogens is 1. The van der Waals surface area contributed by atoms with Crippen LogP contribution in [0.1, 0.15) is 11.3 Å². The zero-order valence-corrected chi connectivity index (χ0v) is 9.71. The van der Waals surface area contributed by atoms with Gasteiger partial charge in [0.05, 0.1) is 5.69 Å². The molecular formula is C11H9BrFNO. The molecule has 2 rings (SSSR count). The first-order valence-corrected chi connectivity index (χ1v) is 5.61. The lowest BCUT2D eigenvalue weighted by atomic mass is 10.1. The molecule has 1 heterocycles.